The van der Waals surface area contributed by atoms with Gasteiger partial charge in [0.1, 0.15) is 5.75 Å². The highest BCUT2D eigenvalue weighted by Crippen LogP contribution is 2.24. The summed E-state index contributed by atoms with van der Waals surface area (Å²) in [7, 11) is 0. The summed E-state index contributed by atoms with van der Waals surface area (Å²) in [6.45, 7) is 0.929. The summed E-state index contributed by atoms with van der Waals surface area (Å²) < 4.78 is 0. The predicted molar refractivity (Wildman–Crippen MR) is 64.3 cm³/mol. The van der Waals surface area contributed by atoms with Crippen molar-refractivity contribution in [3.05, 3.63) is 28.8 Å². The van der Waals surface area contributed by atoms with Crippen molar-refractivity contribution in [2.75, 3.05) is 13.1 Å². The quantitative estimate of drug-likeness (QED) is 0.802. The monoisotopic (exact) mass is 255 g/mol. The summed E-state index contributed by atoms with van der Waals surface area (Å²) in [6.07, 6.45) is 1.03. The fourth-order valence-electron chi connectivity index (χ4n) is 2.00. The Balaban J connectivity index is 2.18. The molecule has 0 aliphatic carbocycles. The smallest absolute Gasteiger partial charge is 0.257 e. The number of phenols is 1. The van der Waals surface area contributed by atoms with Gasteiger partial charge in [0, 0.05) is 18.1 Å². The van der Waals surface area contributed by atoms with Gasteiger partial charge in [0.2, 0.25) is 0 Å². The molecule has 2 rings (SSSR count). The van der Waals surface area contributed by atoms with E-state index in [-0.39, 0.29) is 17.2 Å². The van der Waals surface area contributed by atoms with E-state index in [0.717, 1.165) is 12.8 Å². The Bertz CT molecular complexity index is 436. The van der Waals surface area contributed by atoms with E-state index in [1.807, 2.05) is 0 Å². The molecule has 1 aliphatic heterocycles. The van der Waals surface area contributed by atoms with E-state index in [1.165, 1.54) is 12.1 Å². The van der Waals surface area contributed by atoms with Gasteiger partial charge in [-0.15, -0.1) is 0 Å². The average molecular weight is 256 g/mol. The first-order valence-electron chi connectivity index (χ1n) is 5.54. The Morgan fingerprint density at radius 1 is 1.47 bits per heavy atom. The van der Waals surface area contributed by atoms with Crippen LogP contribution in [0.25, 0.3) is 0 Å². The van der Waals surface area contributed by atoms with Crippen LogP contribution in [-0.4, -0.2) is 40.2 Å². The topological polar surface area (TPSA) is 60.8 Å². The summed E-state index contributed by atoms with van der Waals surface area (Å²) in [5.41, 5.74) is 0.225. The summed E-state index contributed by atoms with van der Waals surface area (Å²) in [4.78, 5) is 13.6. The van der Waals surface area contributed by atoms with E-state index in [0.29, 0.717) is 18.1 Å². The Hall–Kier alpha value is -1.26. The second kappa shape index (κ2) is 4.94. The van der Waals surface area contributed by atoms with Crippen molar-refractivity contribution < 1.29 is 15.0 Å². The molecule has 0 spiro atoms. The van der Waals surface area contributed by atoms with Crippen LogP contribution >= 0.6 is 11.6 Å². The van der Waals surface area contributed by atoms with Gasteiger partial charge in [0.05, 0.1) is 11.7 Å². The predicted octanol–water partition coefficient (Wildman–Crippen LogP) is 1.64. The van der Waals surface area contributed by atoms with Crippen molar-refractivity contribution in [3.8, 4) is 5.75 Å². The molecule has 17 heavy (non-hydrogen) atoms. The molecule has 1 aromatic carbocycles. The molecule has 0 saturated carbocycles. The second-order valence-corrected chi connectivity index (χ2v) is 4.65. The zero-order valence-corrected chi connectivity index (χ0v) is 10.0. The molecule has 1 fully saturated rings. The molecule has 0 bridgehead atoms. The van der Waals surface area contributed by atoms with Gasteiger partial charge in [-0.25, -0.2) is 0 Å². The number of aromatic hydroxyl groups is 1. The third-order valence-electron chi connectivity index (χ3n) is 2.87. The Morgan fingerprint density at radius 2 is 2.24 bits per heavy atom. The second-order valence-electron chi connectivity index (χ2n) is 4.21. The number of carbonyl (C=O) groups excluding carboxylic acids is 1. The minimum Gasteiger partial charge on any atom is -0.507 e. The molecule has 1 aromatic rings. The number of halogens is 1. The highest BCUT2D eigenvalue weighted by atomic mass is 35.5. The fraction of sp³-hybridized carbons (Fsp3) is 0.417. The van der Waals surface area contributed by atoms with Crippen LogP contribution in [-0.2, 0) is 0 Å². The standard InChI is InChI=1S/C12H14ClNO3/c13-8-3-4-10(11(16)6-8)12(17)14-5-1-2-9(15)7-14/h3-4,6,9,15-16H,1-2,5,7H2/t9-/m0/s1. The van der Waals surface area contributed by atoms with Crippen LogP contribution in [0, 0.1) is 0 Å². The maximum absolute atomic E-state index is 12.1. The first-order chi connectivity index (χ1) is 8.08. The molecule has 4 nitrogen and oxygen atoms in total. The number of nitrogens with zero attached hydrogens (tertiary/aromatic N) is 1. The van der Waals surface area contributed by atoms with Gasteiger partial charge in [-0.3, -0.25) is 4.79 Å². The summed E-state index contributed by atoms with van der Waals surface area (Å²) >= 11 is 5.71. The number of likely N-dealkylation sites (tertiary alicyclic amines) is 1. The minimum atomic E-state index is -0.470. The van der Waals surface area contributed by atoms with Gasteiger partial charge in [-0.2, -0.15) is 0 Å². The van der Waals surface area contributed by atoms with E-state index in [2.05, 4.69) is 0 Å². The molecule has 2 N–H and O–H groups in total. The Kier molecular flexibility index (Phi) is 3.54. The lowest BCUT2D eigenvalue weighted by molar-refractivity contribution is 0.0471. The zero-order chi connectivity index (χ0) is 12.4. The molecular formula is C12H14ClNO3. The number of amides is 1. The Morgan fingerprint density at radius 3 is 2.88 bits per heavy atom. The van der Waals surface area contributed by atoms with Crippen LogP contribution in [0.4, 0.5) is 0 Å². The SMILES string of the molecule is O=C(c1ccc(Cl)cc1O)N1CCC[C@H](O)C1. The maximum Gasteiger partial charge on any atom is 0.257 e. The molecule has 0 radical (unpaired) electrons. The number of aliphatic hydroxyl groups excluding tert-OH is 1. The van der Waals surface area contributed by atoms with Crippen LogP contribution < -0.4 is 0 Å². The van der Waals surface area contributed by atoms with E-state index in [4.69, 9.17) is 11.6 Å². The van der Waals surface area contributed by atoms with E-state index < -0.39 is 6.10 Å². The number of hydrogen-bond donors (Lipinski definition) is 2. The van der Waals surface area contributed by atoms with E-state index in [1.54, 1.807) is 11.0 Å². The number of piperidine rings is 1. The molecule has 1 aliphatic rings. The van der Waals surface area contributed by atoms with Gasteiger partial charge < -0.3 is 15.1 Å². The van der Waals surface area contributed by atoms with Crippen LogP contribution in [0.2, 0.25) is 5.02 Å². The molecule has 92 valence electrons. The molecule has 1 heterocycles. The van der Waals surface area contributed by atoms with Crippen molar-refractivity contribution in [1.29, 1.82) is 0 Å². The lowest BCUT2D eigenvalue weighted by Gasteiger charge is -2.30. The highest BCUT2D eigenvalue weighted by Gasteiger charge is 2.24. The normalized spacial score (nSPS) is 20.4. The maximum atomic E-state index is 12.1. The molecule has 5 heteroatoms. The van der Waals surface area contributed by atoms with Gasteiger partial charge >= 0.3 is 0 Å². The number of carbonyl (C=O) groups is 1. The van der Waals surface area contributed by atoms with Crippen molar-refractivity contribution in [1.82, 2.24) is 4.90 Å². The lowest BCUT2D eigenvalue weighted by atomic mass is 10.1. The molecular weight excluding hydrogens is 242 g/mol. The van der Waals surface area contributed by atoms with Crippen LogP contribution in [0.5, 0.6) is 5.75 Å². The van der Waals surface area contributed by atoms with Gasteiger partial charge in [-0.05, 0) is 31.0 Å². The third kappa shape index (κ3) is 2.70. The third-order valence-corrected chi connectivity index (χ3v) is 3.11. The minimum absolute atomic E-state index is 0.123. The van der Waals surface area contributed by atoms with Crippen LogP contribution in [0.1, 0.15) is 23.2 Å². The number of benzene rings is 1. The molecule has 1 saturated heterocycles. The number of hydrogen-bond acceptors (Lipinski definition) is 3. The van der Waals surface area contributed by atoms with Crippen LogP contribution in [0.15, 0.2) is 18.2 Å². The van der Waals surface area contributed by atoms with Gasteiger partial charge in [0.15, 0.2) is 0 Å². The van der Waals surface area contributed by atoms with Crippen molar-refractivity contribution in [2.45, 2.75) is 18.9 Å². The number of β-amino-alcohol motifs (C(OH)–C–C–N with tert-alkyl or cyclic N) is 1. The largest absolute Gasteiger partial charge is 0.507 e. The van der Waals surface area contributed by atoms with Crippen molar-refractivity contribution >= 4 is 17.5 Å². The van der Waals surface area contributed by atoms with Gasteiger partial charge in [0.25, 0.3) is 5.91 Å². The highest BCUT2D eigenvalue weighted by molar-refractivity contribution is 6.30. The van der Waals surface area contributed by atoms with Crippen molar-refractivity contribution in [2.24, 2.45) is 0 Å². The number of phenolic OH excluding ortho intramolecular Hbond substituents is 1. The summed E-state index contributed by atoms with van der Waals surface area (Å²) in [5.74, 6) is -0.388. The number of rotatable bonds is 1. The first kappa shape index (κ1) is 12.2. The molecule has 0 unspecified atom stereocenters. The van der Waals surface area contributed by atoms with E-state index in [9.17, 15) is 15.0 Å². The lowest BCUT2D eigenvalue weighted by Crippen LogP contribution is -2.42. The zero-order valence-electron chi connectivity index (χ0n) is 9.27. The van der Waals surface area contributed by atoms with Crippen LogP contribution in [0.3, 0.4) is 0 Å². The van der Waals surface area contributed by atoms with E-state index >= 15 is 0 Å². The molecule has 1 atom stereocenters. The summed E-state index contributed by atoms with van der Waals surface area (Å²) in [5, 5.41) is 19.6. The summed E-state index contributed by atoms with van der Waals surface area (Å²) in [6, 6.07) is 4.41. The fourth-order valence-corrected chi connectivity index (χ4v) is 2.16. The van der Waals surface area contributed by atoms with Crippen molar-refractivity contribution in [3.63, 3.8) is 0 Å². The first-order valence-corrected chi connectivity index (χ1v) is 5.91. The molecule has 0 aromatic heterocycles. The average Bonchev–Trinajstić information content (AvgIpc) is 2.28. The van der Waals surface area contributed by atoms with Gasteiger partial charge in [-0.1, -0.05) is 11.6 Å². The number of aliphatic hydroxyl groups is 1. The molecule has 1 amide bonds. The Labute approximate surface area is 104 Å².